The molecular weight excluding hydrogens is 1290 g/mol. The molecule has 0 saturated carbocycles. The number of hydrogen-bond donors (Lipinski definition) is 3. The van der Waals surface area contributed by atoms with Gasteiger partial charge in [0.2, 0.25) is 0 Å². The van der Waals surface area contributed by atoms with Crippen molar-refractivity contribution in [2.24, 2.45) is 11.8 Å². The number of esters is 4. The predicted molar refractivity (Wildman–Crippen MR) is 405 cm³/mol. The second-order valence-electron chi connectivity index (χ2n) is 29.5. The lowest BCUT2D eigenvalue weighted by Crippen LogP contribution is -2.30. The predicted octanol–water partition coefficient (Wildman–Crippen LogP) is 23.9. The lowest BCUT2D eigenvalue weighted by Gasteiger charge is -2.21. The van der Waals surface area contributed by atoms with Crippen LogP contribution in [0.1, 0.15) is 420 Å². The van der Waals surface area contributed by atoms with Crippen molar-refractivity contribution in [3.63, 3.8) is 0 Å². The summed E-state index contributed by atoms with van der Waals surface area (Å²) >= 11 is 0. The van der Waals surface area contributed by atoms with Crippen LogP contribution in [-0.2, 0) is 65.4 Å². The van der Waals surface area contributed by atoms with E-state index in [2.05, 4.69) is 41.5 Å². The van der Waals surface area contributed by atoms with Crippen molar-refractivity contribution in [2.75, 3.05) is 39.6 Å². The number of ether oxygens (including phenoxy) is 4. The van der Waals surface area contributed by atoms with Gasteiger partial charge >= 0.3 is 39.5 Å². The van der Waals surface area contributed by atoms with Gasteiger partial charge in [-0.05, 0) is 37.5 Å². The molecule has 0 heterocycles. The van der Waals surface area contributed by atoms with Crippen molar-refractivity contribution in [3.8, 4) is 0 Å². The first-order valence-corrected chi connectivity index (χ1v) is 44.5. The number of rotatable bonds is 79. The fraction of sp³-hybridized carbons (Fsp3) is 0.950. The monoisotopic (exact) mass is 1450 g/mol. The Balaban J connectivity index is 5.25. The maximum Gasteiger partial charge on any atom is 0.472 e. The average molecular weight is 1450 g/mol. The highest BCUT2D eigenvalue weighted by atomic mass is 31.2. The second kappa shape index (κ2) is 71.7. The van der Waals surface area contributed by atoms with Gasteiger partial charge in [-0.1, -0.05) is 369 Å². The fourth-order valence-corrected chi connectivity index (χ4v) is 13.9. The summed E-state index contributed by atoms with van der Waals surface area (Å²) in [7, 11) is -9.92. The van der Waals surface area contributed by atoms with Crippen molar-refractivity contribution in [3.05, 3.63) is 0 Å². The van der Waals surface area contributed by atoms with E-state index in [1.807, 2.05) is 0 Å². The van der Waals surface area contributed by atoms with E-state index in [-0.39, 0.29) is 25.7 Å². The summed E-state index contributed by atoms with van der Waals surface area (Å²) in [6, 6.07) is 0. The molecule has 0 amide bonds. The normalized spacial score (nSPS) is 14.2. The van der Waals surface area contributed by atoms with Crippen LogP contribution in [-0.4, -0.2) is 96.7 Å². The summed E-state index contributed by atoms with van der Waals surface area (Å²) in [6.45, 7) is 9.60. The maximum atomic E-state index is 13.1. The Kier molecular flexibility index (Phi) is 70.3. The highest BCUT2D eigenvalue weighted by Crippen LogP contribution is 2.45. The molecule has 99 heavy (non-hydrogen) atoms. The Hall–Kier alpha value is -1.94. The third-order valence-corrected chi connectivity index (χ3v) is 21.0. The van der Waals surface area contributed by atoms with E-state index in [0.717, 1.165) is 108 Å². The summed E-state index contributed by atoms with van der Waals surface area (Å²) in [4.78, 5) is 73.0. The number of carbonyl (C=O) groups excluding carboxylic acids is 4. The first-order chi connectivity index (χ1) is 47.9. The molecule has 6 atom stereocenters. The largest absolute Gasteiger partial charge is 0.472 e. The summed E-state index contributed by atoms with van der Waals surface area (Å²) in [5.74, 6) is -0.602. The van der Waals surface area contributed by atoms with Gasteiger partial charge in [-0.25, -0.2) is 9.13 Å². The minimum atomic E-state index is -4.96. The standard InChI is InChI=1S/C80H156O17P2/c1-7-10-12-14-16-18-20-22-24-26-27-29-31-36-40-44-52-58-64-79(84)96-75(68-90-77(82)62-56-50-43-39-35-30-28-25-23-21-19-17-15-13-11-8-2)70-94-98(86,87)92-66-74(81)67-93-99(88,89)95-71-76(69-91-78(83)63-57-51-47-46-49-55-61-73(6)9-3)97-80(85)65-59-53-45-41-37-33-32-34-38-42-48-54-60-72(4)5/h72-76,81H,7-71H2,1-6H3,(H,86,87)(H,88,89)/t73?,74-,75-,76-/m1/s1. The third kappa shape index (κ3) is 72.8. The minimum absolute atomic E-state index is 0.106. The first kappa shape index (κ1) is 97.1. The van der Waals surface area contributed by atoms with Crippen LogP contribution in [0.2, 0.25) is 0 Å². The molecule has 0 aliphatic heterocycles. The van der Waals surface area contributed by atoms with Crippen LogP contribution in [0.5, 0.6) is 0 Å². The smallest absolute Gasteiger partial charge is 0.462 e. The molecule has 588 valence electrons. The number of aliphatic hydroxyl groups excluding tert-OH is 1. The molecule has 17 nitrogen and oxygen atoms in total. The molecule has 0 aromatic carbocycles. The van der Waals surface area contributed by atoms with Crippen molar-refractivity contribution in [2.45, 2.75) is 439 Å². The topological polar surface area (TPSA) is 237 Å². The Morgan fingerprint density at radius 2 is 0.515 bits per heavy atom. The van der Waals surface area contributed by atoms with Crippen LogP contribution in [0.25, 0.3) is 0 Å². The summed E-state index contributed by atoms with van der Waals surface area (Å²) < 4.78 is 68.7. The molecule has 0 aromatic heterocycles. The first-order valence-electron chi connectivity index (χ1n) is 41.5. The third-order valence-electron chi connectivity index (χ3n) is 19.1. The van der Waals surface area contributed by atoms with Crippen molar-refractivity contribution >= 4 is 39.5 Å². The minimum Gasteiger partial charge on any atom is -0.462 e. The zero-order valence-electron chi connectivity index (χ0n) is 64.8. The molecule has 0 spiro atoms. The Labute approximate surface area is 607 Å². The number of phosphoric ester groups is 2. The molecule has 0 radical (unpaired) electrons. The molecule has 0 fully saturated rings. The molecule has 19 heteroatoms. The van der Waals surface area contributed by atoms with Gasteiger partial charge in [0.15, 0.2) is 12.2 Å². The highest BCUT2D eigenvalue weighted by Gasteiger charge is 2.30. The molecule has 0 aliphatic carbocycles. The van der Waals surface area contributed by atoms with E-state index in [4.69, 9.17) is 37.0 Å². The van der Waals surface area contributed by atoms with Crippen LogP contribution in [0.4, 0.5) is 0 Å². The van der Waals surface area contributed by atoms with Gasteiger partial charge in [-0.2, -0.15) is 0 Å². The van der Waals surface area contributed by atoms with E-state index in [1.165, 1.54) is 231 Å². The zero-order valence-corrected chi connectivity index (χ0v) is 66.6. The van der Waals surface area contributed by atoms with Crippen molar-refractivity contribution in [1.82, 2.24) is 0 Å². The number of hydrogen-bond acceptors (Lipinski definition) is 15. The van der Waals surface area contributed by atoms with Crippen LogP contribution in [0.3, 0.4) is 0 Å². The van der Waals surface area contributed by atoms with Gasteiger partial charge in [0.05, 0.1) is 26.4 Å². The van der Waals surface area contributed by atoms with Crippen molar-refractivity contribution in [1.29, 1.82) is 0 Å². The van der Waals surface area contributed by atoms with E-state index in [0.29, 0.717) is 25.7 Å². The van der Waals surface area contributed by atoms with E-state index < -0.39 is 97.5 Å². The lowest BCUT2D eigenvalue weighted by molar-refractivity contribution is -0.161. The van der Waals surface area contributed by atoms with Gasteiger partial charge < -0.3 is 33.8 Å². The molecular formula is C80H156O17P2. The summed E-state index contributed by atoms with van der Waals surface area (Å²) in [5, 5.41) is 10.6. The molecule has 0 bridgehead atoms. The molecule has 3 N–H and O–H groups in total. The van der Waals surface area contributed by atoms with Crippen LogP contribution in [0, 0.1) is 11.8 Å². The van der Waals surface area contributed by atoms with E-state index in [1.54, 1.807) is 0 Å². The average Bonchev–Trinajstić information content (AvgIpc) is 0.951. The van der Waals surface area contributed by atoms with Crippen LogP contribution < -0.4 is 0 Å². The Bertz CT molecular complexity index is 1910. The van der Waals surface area contributed by atoms with Gasteiger partial charge in [-0.15, -0.1) is 0 Å². The van der Waals surface area contributed by atoms with Gasteiger partial charge in [-0.3, -0.25) is 37.3 Å². The Morgan fingerprint density at radius 1 is 0.293 bits per heavy atom. The number of unbranched alkanes of at least 4 members (excludes halogenated alkanes) is 48. The SMILES string of the molecule is CCCCCCCCCCCCCCCCCCCCC(=O)O[C@H](COC(=O)CCCCCCCCCCCCCCCCCC)COP(=O)(O)OC[C@@H](O)COP(=O)(O)OC[C@@H](COC(=O)CCCCCCCCC(C)CC)OC(=O)CCCCCCCCCCCCCCC(C)C. The highest BCUT2D eigenvalue weighted by molar-refractivity contribution is 7.47. The zero-order chi connectivity index (χ0) is 72.8. The fourth-order valence-electron chi connectivity index (χ4n) is 12.3. The van der Waals surface area contributed by atoms with Gasteiger partial charge in [0, 0.05) is 25.7 Å². The second-order valence-corrected chi connectivity index (χ2v) is 32.4. The molecule has 0 aromatic rings. The van der Waals surface area contributed by atoms with E-state index in [9.17, 15) is 43.2 Å². The molecule has 0 saturated heterocycles. The lowest BCUT2D eigenvalue weighted by atomic mass is 10.00. The van der Waals surface area contributed by atoms with Crippen LogP contribution in [0.15, 0.2) is 0 Å². The van der Waals surface area contributed by atoms with E-state index >= 15 is 0 Å². The summed E-state index contributed by atoms with van der Waals surface area (Å²) in [6.07, 6.45) is 61.0. The summed E-state index contributed by atoms with van der Waals surface area (Å²) in [5.41, 5.74) is 0. The quantitative estimate of drug-likeness (QED) is 0.0222. The molecule has 0 rings (SSSR count). The molecule has 0 aliphatic rings. The van der Waals surface area contributed by atoms with Gasteiger partial charge in [0.1, 0.15) is 19.3 Å². The van der Waals surface area contributed by atoms with Gasteiger partial charge in [0.25, 0.3) is 0 Å². The number of carbonyl (C=O) groups is 4. The number of aliphatic hydroxyl groups is 1. The van der Waals surface area contributed by atoms with Crippen molar-refractivity contribution < 1.29 is 80.2 Å². The Morgan fingerprint density at radius 3 is 0.768 bits per heavy atom. The maximum absolute atomic E-state index is 13.1. The van der Waals surface area contributed by atoms with Crippen LogP contribution >= 0.6 is 15.6 Å². The molecule has 3 unspecified atom stereocenters. The number of phosphoric acid groups is 2.